The molecule has 0 amide bonds. The number of aromatic nitrogens is 2. The van der Waals surface area contributed by atoms with Crippen LogP contribution in [0.1, 0.15) is 0 Å². The van der Waals surface area contributed by atoms with Crippen molar-refractivity contribution in [2.75, 3.05) is 31.1 Å². The van der Waals surface area contributed by atoms with Gasteiger partial charge in [0.1, 0.15) is 0 Å². The van der Waals surface area contributed by atoms with E-state index in [1.54, 1.807) is 12.3 Å². The number of piperazine rings is 1. The van der Waals surface area contributed by atoms with Gasteiger partial charge in [-0.25, -0.2) is 18.7 Å². The minimum absolute atomic E-state index is 0.544. The molecule has 1 aliphatic rings. The Morgan fingerprint density at radius 3 is 2.60 bits per heavy atom. The Bertz CT molecular complexity index is 612. The molecule has 2 heterocycles. The Hall–Kier alpha value is -2.08. The second kappa shape index (κ2) is 5.50. The molecule has 3 rings (SSSR count). The van der Waals surface area contributed by atoms with Crippen molar-refractivity contribution in [1.82, 2.24) is 15.3 Å². The summed E-state index contributed by atoms with van der Waals surface area (Å²) in [5, 5.41) is 3.26. The van der Waals surface area contributed by atoms with Crippen LogP contribution < -0.4 is 10.2 Å². The van der Waals surface area contributed by atoms with Crippen LogP contribution in [0.2, 0.25) is 0 Å². The van der Waals surface area contributed by atoms with Crippen LogP contribution >= 0.6 is 0 Å². The first-order valence-electron chi connectivity index (χ1n) is 6.48. The number of halogens is 2. The zero-order valence-corrected chi connectivity index (χ0v) is 10.8. The van der Waals surface area contributed by atoms with Crippen molar-refractivity contribution in [2.24, 2.45) is 0 Å². The monoisotopic (exact) mass is 276 g/mol. The van der Waals surface area contributed by atoms with Gasteiger partial charge in [0.25, 0.3) is 0 Å². The van der Waals surface area contributed by atoms with Crippen LogP contribution in [0.4, 0.5) is 14.7 Å². The Morgan fingerprint density at radius 2 is 1.85 bits per heavy atom. The van der Waals surface area contributed by atoms with Gasteiger partial charge in [-0.15, -0.1) is 0 Å². The maximum Gasteiger partial charge on any atom is 0.225 e. The standard InChI is InChI=1S/C14H14F2N4/c15-11-2-1-10(9-12(11)16)13-3-4-18-14(19-13)20-7-5-17-6-8-20/h1-4,9,17H,5-8H2. The van der Waals surface area contributed by atoms with Crippen LogP contribution in [0.5, 0.6) is 0 Å². The molecule has 2 aromatic rings. The molecule has 0 radical (unpaired) electrons. The molecule has 0 spiro atoms. The first-order valence-corrected chi connectivity index (χ1v) is 6.48. The van der Waals surface area contributed by atoms with E-state index in [1.165, 1.54) is 6.07 Å². The third-order valence-electron chi connectivity index (χ3n) is 3.26. The van der Waals surface area contributed by atoms with Crippen LogP contribution in [0.15, 0.2) is 30.5 Å². The van der Waals surface area contributed by atoms with E-state index < -0.39 is 11.6 Å². The molecule has 0 atom stereocenters. The lowest BCUT2D eigenvalue weighted by molar-refractivity contribution is 0.509. The van der Waals surface area contributed by atoms with Gasteiger partial charge in [-0.05, 0) is 24.3 Å². The first-order chi connectivity index (χ1) is 9.74. The molecule has 0 saturated carbocycles. The molecular formula is C14H14F2N4. The van der Waals surface area contributed by atoms with Gasteiger partial charge >= 0.3 is 0 Å². The average molecular weight is 276 g/mol. The van der Waals surface area contributed by atoms with Crippen LogP contribution in [0, 0.1) is 11.6 Å². The van der Waals surface area contributed by atoms with Crippen LogP contribution in [0.3, 0.4) is 0 Å². The SMILES string of the molecule is Fc1ccc(-c2ccnc(N3CCNCC3)n2)cc1F. The van der Waals surface area contributed by atoms with Gasteiger partial charge in [0.05, 0.1) is 5.69 Å². The summed E-state index contributed by atoms with van der Waals surface area (Å²) < 4.78 is 26.2. The summed E-state index contributed by atoms with van der Waals surface area (Å²) in [5.74, 6) is -1.11. The predicted molar refractivity (Wildman–Crippen MR) is 72.5 cm³/mol. The van der Waals surface area contributed by atoms with E-state index in [-0.39, 0.29) is 0 Å². The summed E-state index contributed by atoms with van der Waals surface area (Å²) >= 11 is 0. The minimum Gasteiger partial charge on any atom is -0.338 e. The Balaban J connectivity index is 1.91. The van der Waals surface area contributed by atoms with E-state index in [4.69, 9.17) is 0 Å². The molecular weight excluding hydrogens is 262 g/mol. The van der Waals surface area contributed by atoms with Gasteiger partial charge in [0.2, 0.25) is 5.95 Å². The van der Waals surface area contributed by atoms with Gasteiger partial charge in [0, 0.05) is 37.9 Å². The summed E-state index contributed by atoms with van der Waals surface area (Å²) in [6.07, 6.45) is 1.64. The topological polar surface area (TPSA) is 41.1 Å². The second-order valence-corrected chi connectivity index (χ2v) is 4.61. The molecule has 6 heteroatoms. The second-order valence-electron chi connectivity index (χ2n) is 4.61. The summed E-state index contributed by atoms with van der Waals surface area (Å²) in [4.78, 5) is 10.8. The summed E-state index contributed by atoms with van der Waals surface area (Å²) in [7, 11) is 0. The molecule has 1 fully saturated rings. The first kappa shape index (κ1) is 12.9. The van der Waals surface area contributed by atoms with Gasteiger partial charge < -0.3 is 10.2 Å². The minimum atomic E-state index is -0.871. The number of rotatable bonds is 2. The summed E-state index contributed by atoms with van der Waals surface area (Å²) in [5.41, 5.74) is 1.13. The predicted octanol–water partition coefficient (Wildman–Crippen LogP) is 1.83. The Morgan fingerprint density at radius 1 is 1.05 bits per heavy atom. The number of benzene rings is 1. The van der Waals surface area contributed by atoms with Crippen LogP contribution in [-0.4, -0.2) is 36.1 Å². The number of hydrogen-bond acceptors (Lipinski definition) is 4. The van der Waals surface area contributed by atoms with E-state index in [9.17, 15) is 8.78 Å². The van der Waals surface area contributed by atoms with Crippen LogP contribution in [0.25, 0.3) is 11.3 Å². The normalized spacial score (nSPS) is 15.4. The summed E-state index contributed by atoms with van der Waals surface area (Å²) in [6, 6.07) is 5.47. The van der Waals surface area contributed by atoms with Gasteiger partial charge in [0.15, 0.2) is 11.6 Å². The van der Waals surface area contributed by atoms with E-state index in [0.717, 1.165) is 38.3 Å². The number of nitrogens with zero attached hydrogens (tertiary/aromatic N) is 3. The molecule has 1 aliphatic heterocycles. The van der Waals surface area contributed by atoms with Crippen molar-refractivity contribution in [2.45, 2.75) is 0 Å². The lowest BCUT2D eigenvalue weighted by Crippen LogP contribution is -2.44. The fourth-order valence-electron chi connectivity index (χ4n) is 2.18. The van der Waals surface area contributed by atoms with E-state index >= 15 is 0 Å². The van der Waals surface area contributed by atoms with E-state index in [1.807, 2.05) is 0 Å². The van der Waals surface area contributed by atoms with Crippen molar-refractivity contribution < 1.29 is 8.78 Å². The molecule has 1 aromatic carbocycles. The number of anilines is 1. The van der Waals surface area contributed by atoms with Crippen molar-refractivity contribution >= 4 is 5.95 Å². The molecule has 4 nitrogen and oxygen atoms in total. The summed E-state index contributed by atoms with van der Waals surface area (Å²) in [6.45, 7) is 3.44. The smallest absolute Gasteiger partial charge is 0.225 e. The molecule has 104 valence electrons. The zero-order valence-electron chi connectivity index (χ0n) is 10.8. The number of nitrogens with one attached hydrogen (secondary N) is 1. The molecule has 0 aliphatic carbocycles. The molecule has 0 unspecified atom stereocenters. The van der Waals surface area contributed by atoms with Crippen molar-refractivity contribution in [1.29, 1.82) is 0 Å². The molecule has 1 aromatic heterocycles. The number of hydrogen-bond donors (Lipinski definition) is 1. The highest BCUT2D eigenvalue weighted by Crippen LogP contribution is 2.21. The van der Waals surface area contributed by atoms with E-state index in [2.05, 4.69) is 20.2 Å². The fraction of sp³-hybridized carbons (Fsp3) is 0.286. The zero-order chi connectivity index (χ0) is 13.9. The van der Waals surface area contributed by atoms with Gasteiger partial charge in [-0.2, -0.15) is 0 Å². The highest BCUT2D eigenvalue weighted by atomic mass is 19.2. The highest BCUT2D eigenvalue weighted by Gasteiger charge is 2.14. The highest BCUT2D eigenvalue weighted by molar-refractivity contribution is 5.60. The maximum atomic E-state index is 13.3. The van der Waals surface area contributed by atoms with Crippen molar-refractivity contribution in [3.8, 4) is 11.3 Å². The Labute approximate surface area is 115 Å². The lowest BCUT2D eigenvalue weighted by atomic mass is 10.1. The van der Waals surface area contributed by atoms with Crippen LogP contribution in [-0.2, 0) is 0 Å². The largest absolute Gasteiger partial charge is 0.338 e. The van der Waals surface area contributed by atoms with Crippen molar-refractivity contribution in [3.05, 3.63) is 42.1 Å². The third-order valence-corrected chi connectivity index (χ3v) is 3.26. The quantitative estimate of drug-likeness (QED) is 0.908. The lowest BCUT2D eigenvalue weighted by Gasteiger charge is -2.27. The fourth-order valence-corrected chi connectivity index (χ4v) is 2.18. The maximum absolute atomic E-state index is 13.3. The molecule has 20 heavy (non-hydrogen) atoms. The van der Waals surface area contributed by atoms with Gasteiger partial charge in [-0.1, -0.05) is 0 Å². The Kier molecular flexibility index (Phi) is 3.56. The van der Waals surface area contributed by atoms with Crippen molar-refractivity contribution in [3.63, 3.8) is 0 Å². The van der Waals surface area contributed by atoms with E-state index in [0.29, 0.717) is 17.2 Å². The third kappa shape index (κ3) is 2.60. The average Bonchev–Trinajstić information content (AvgIpc) is 2.51. The molecule has 1 N–H and O–H groups in total. The molecule has 1 saturated heterocycles. The van der Waals surface area contributed by atoms with Gasteiger partial charge in [-0.3, -0.25) is 0 Å². The molecule has 0 bridgehead atoms.